The van der Waals surface area contributed by atoms with E-state index in [9.17, 15) is 9.59 Å². The van der Waals surface area contributed by atoms with Gasteiger partial charge in [0, 0.05) is 12.4 Å². The van der Waals surface area contributed by atoms with Crippen molar-refractivity contribution in [2.75, 3.05) is 0 Å². The van der Waals surface area contributed by atoms with Gasteiger partial charge in [0.2, 0.25) is 0 Å². The lowest BCUT2D eigenvalue weighted by Gasteiger charge is -2.20. The minimum absolute atomic E-state index is 0.165. The molecule has 0 aliphatic carbocycles. The molecule has 0 aromatic carbocycles. The van der Waals surface area contributed by atoms with Gasteiger partial charge in [0.05, 0.1) is 10.6 Å². The molecular weight excluding hydrogens is 256 g/mol. The second-order valence-electron chi connectivity index (χ2n) is 4.03. The first-order valence-corrected chi connectivity index (χ1v) is 5.98. The Morgan fingerprint density at radius 3 is 2.72 bits per heavy atom. The van der Waals surface area contributed by atoms with Crippen LogP contribution in [0.25, 0.3) is 0 Å². The van der Waals surface area contributed by atoms with E-state index in [-0.39, 0.29) is 16.5 Å². The molecule has 0 spiro atoms. The highest BCUT2D eigenvalue weighted by Crippen LogP contribution is 2.15. The monoisotopic (exact) mass is 270 g/mol. The van der Waals surface area contributed by atoms with E-state index in [2.05, 4.69) is 10.3 Å². The molecule has 1 amide bonds. The maximum atomic E-state index is 11.9. The number of hydrogen-bond donors (Lipinski definition) is 2. The summed E-state index contributed by atoms with van der Waals surface area (Å²) < 4.78 is 0. The maximum Gasteiger partial charge on any atom is 0.326 e. The van der Waals surface area contributed by atoms with Gasteiger partial charge < -0.3 is 10.4 Å². The van der Waals surface area contributed by atoms with Gasteiger partial charge >= 0.3 is 5.97 Å². The van der Waals surface area contributed by atoms with Crippen LogP contribution in [0.15, 0.2) is 18.5 Å². The number of nitrogens with one attached hydrogen (secondary N) is 1. The third-order valence-corrected chi connectivity index (χ3v) is 3.11. The minimum Gasteiger partial charge on any atom is -0.480 e. The first-order valence-electron chi connectivity index (χ1n) is 5.60. The average Bonchev–Trinajstić information content (AvgIpc) is 2.35. The molecule has 0 saturated heterocycles. The molecule has 2 N–H and O–H groups in total. The topological polar surface area (TPSA) is 79.3 Å². The summed E-state index contributed by atoms with van der Waals surface area (Å²) in [6, 6.07) is 0.550. The van der Waals surface area contributed by atoms with Gasteiger partial charge in [-0.3, -0.25) is 9.78 Å². The van der Waals surface area contributed by atoms with Crippen molar-refractivity contribution in [1.82, 2.24) is 10.3 Å². The Kier molecular flexibility index (Phi) is 5.09. The predicted molar refractivity (Wildman–Crippen MR) is 67.6 cm³/mol. The van der Waals surface area contributed by atoms with E-state index in [0.29, 0.717) is 6.42 Å². The molecule has 0 aliphatic rings. The van der Waals surface area contributed by atoms with Gasteiger partial charge in [0.25, 0.3) is 5.91 Å². The number of rotatable bonds is 5. The summed E-state index contributed by atoms with van der Waals surface area (Å²) in [6.45, 7) is 3.63. The fourth-order valence-corrected chi connectivity index (χ4v) is 1.64. The maximum absolute atomic E-state index is 11.9. The highest BCUT2D eigenvalue weighted by atomic mass is 35.5. The summed E-state index contributed by atoms with van der Waals surface area (Å²) >= 11 is 5.85. The van der Waals surface area contributed by atoms with E-state index < -0.39 is 17.9 Å². The number of amides is 1. The number of pyridine rings is 1. The van der Waals surface area contributed by atoms with Crippen molar-refractivity contribution in [2.24, 2.45) is 5.92 Å². The van der Waals surface area contributed by atoms with Gasteiger partial charge in [0.15, 0.2) is 0 Å². The van der Waals surface area contributed by atoms with Crippen LogP contribution in [-0.4, -0.2) is 28.0 Å². The Labute approximate surface area is 110 Å². The van der Waals surface area contributed by atoms with Crippen LogP contribution in [0, 0.1) is 5.92 Å². The summed E-state index contributed by atoms with van der Waals surface area (Å²) in [7, 11) is 0. The summed E-state index contributed by atoms with van der Waals surface area (Å²) in [5, 5.41) is 11.8. The highest BCUT2D eigenvalue weighted by molar-refractivity contribution is 6.33. The van der Waals surface area contributed by atoms with E-state index in [1.807, 2.05) is 6.92 Å². The normalized spacial score (nSPS) is 13.7. The Morgan fingerprint density at radius 1 is 1.56 bits per heavy atom. The van der Waals surface area contributed by atoms with Crippen LogP contribution < -0.4 is 5.32 Å². The molecule has 18 heavy (non-hydrogen) atoms. The molecule has 0 radical (unpaired) electrons. The van der Waals surface area contributed by atoms with Crippen LogP contribution in [0.4, 0.5) is 0 Å². The number of aliphatic carboxylic acids is 1. The molecule has 0 bridgehead atoms. The van der Waals surface area contributed by atoms with Gasteiger partial charge in [-0.25, -0.2) is 4.79 Å². The number of carboxylic acid groups (broad SMARTS) is 1. The third-order valence-electron chi connectivity index (χ3n) is 2.78. The molecule has 0 saturated carbocycles. The summed E-state index contributed by atoms with van der Waals surface area (Å²) in [4.78, 5) is 26.8. The van der Waals surface area contributed by atoms with Crippen molar-refractivity contribution in [2.45, 2.75) is 26.3 Å². The molecule has 98 valence electrons. The van der Waals surface area contributed by atoms with Gasteiger partial charge in [-0.15, -0.1) is 0 Å². The first kappa shape index (κ1) is 14.4. The van der Waals surface area contributed by atoms with Gasteiger partial charge in [-0.1, -0.05) is 31.9 Å². The number of nitrogens with zero attached hydrogens (tertiary/aromatic N) is 1. The SMILES string of the molecule is CC[C@H](C)[C@H](NC(=O)c1cnccc1Cl)C(=O)O. The zero-order valence-corrected chi connectivity index (χ0v) is 10.9. The Morgan fingerprint density at radius 2 is 2.22 bits per heavy atom. The number of halogens is 1. The molecule has 1 rings (SSSR count). The fraction of sp³-hybridized carbons (Fsp3) is 0.417. The second-order valence-corrected chi connectivity index (χ2v) is 4.44. The Balaban J connectivity index is 2.86. The van der Waals surface area contributed by atoms with Crippen LogP contribution >= 0.6 is 11.6 Å². The van der Waals surface area contributed by atoms with E-state index >= 15 is 0 Å². The lowest BCUT2D eigenvalue weighted by molar-refractivity contribution is -0.140. The van der Waals surface area contributed by atoms with Crippen molar-refractivity contribution in [1.29, 1.82) is 0 Å². The lowest BCUT2D eigenvalue weighted by Crippen LogP contribution is -2.45. The highest BCUT2D eigenvalue weighted by Gasteiger charge is 2.26. The molecule has 1 aromatic rings. The van der Waals surface area contributed by atoms with E-state index in [4.69, 9.17) is 16.7 Å². The van der Waals surface area contributed by atoms with E-state index in [1.165, 1.54) is 18.5 Å². The summed E-state index contributed by atoms with van der Waals surface area (Å²) in [5.41, 5.74) is 0.175. The van der Waals surface area contributed by atoms with Crippen molar-refractivity contribution in [3.8, 4) is 0 Å². The van der Waals surface area contributed by atoms with E-state index in [0.717, 1.165) is 0 Å². The molecule has 0 unspecified atom stereocenters. The number of aromatic nitrogens is 1. The fourth-order valence-electron chi connectivity index (χ4n) is 1.45. The van der Waals surface area contributed by atoms with Gasteiger partial charge in [-0.05, 0) is 12.0 Å². The minimum atomic E-state index is -1.06. The van der Waals surface area contributed by atoms with Gasteiger partial charge in [-0.2, -0.15) is 0 Å². The molecule has 1 heterocycles. The van der Waals surface area contributed by atoms with Crippen LogP contribution in [0.2, 0.25) is 5.02 Å². The molecule has 6 heteroatoms. The zero-order valence-electron chi connectivity index (χ0n) is 10.2. The summed E-state index contributed by atoms with van der Waals surface area (Å²) in [5.74, 6) is -1.75. The predicted octanol–water partition coefficient (Wildman–Crippen LogP) is 1.96. The van der Waals surface area contributed by atoms with Crippen LogP contribution in [0.3, 0.4) is 0 Å². The molecule has 5 nitrogen and oxygen atoms in total. The first-order chi connectivity index (χ1) is 8.47. The number of carboxylic acids is 1. The van der Waals surface area contributed by atoms with Crippen LogP contribution in [-0.2, 0) is 4.79 Å². The molecule has 0 fully saturated rings. The second kappa shape index (κ2) is 6.35. The quantitative estimate of drug-likeness (QED) is 0.857. The number of hydrogen-bond acceptors (Lipinski definition) is 3. The lowest BCUT2D eigenvalue weighted by atomic mass is 9.99. The summed E-state index contributed by atoms with van der Waals surface area (Å²) in [6.07, 6.45) is 3.42. The molecule has 2 atom stereocenters. The van der Waals surface area contributed by atoms with Crippen molar-refractivity contribution in [3.05, 3.63) is 29.0 Å². The van der Waals surface area contributed by atoms with Crippen molar-refractivity contribution < 1.29 is 14.7 Å². The van der Waals surface area contributed by atoms with E-state index in [1.54, 1.807) is 6.92 Å². The molecular formula is C12H15ClN2O3. The molecule has 1 aromatic heterocycles. The average molecular weight is 271 g/mol. The zero-order chi connectivity index (χ0) is 13.7. The van der Waals surface area contributed by atoms with Crippen molar-refractivity contribution in [3.63, 3.8) is 0 Å². The third kappa shape index (κ3) is 3.43. The molecule has 0 aliphatic heterocycles. The van der Waals surface area contributed by atoms with Crippen LogP contribution in [0.1, 0.15) is 30.6 Å². The van der Waals surface area contributed by atoms with Gasteiger partial charge in [0.1, 0.15) is 6.04 Å². The Bertz CT molecular complexity index is 451. The van der Waals surface area contributed by atoms with Crippen molar-refractivity contribution >= 4 is 23.5 Å². The smallest absolute Gasteiger partial charge is 0.326 e. The van der Waals surface area contributed by atoms with Crippen LogP contribution in [0.5, 0.6) is 0 Å². The standard InChI is InChI=1S/C12H15ClN2O3/c1-3-7(2)10(12(17)18)15-11(16)8-6-14-5-4-9(8)13/h4-7,10H,3H2,1-2H3,(H,15,16)(H,17,18)/t7-,10-/m0/s1. The Hall–Kier alpha value is -1.62. The number of carbonyl (C=O) groups excluding carboxylic acids is 1. The number of carbonyl (C=O) groups is 2. The largest absolute Gasteiger partial charge is 0.480 e.